The van der Waals surface area contributed by atoms with Crippen molar-refractivity contribution in [3.63, 3.8) is 0 Å². The third kappa shape index (κ3) is 4.69. The molecule has 1 unspecified atom stereocenters. The lowest BCUT2D eigenvalue weighted by Gasteiger charge is -2.28. The first-order chi connectivity index (χ1) is 12.6. The number of nitrogens with one attached hydrogen (secondary N) is 2. The molecule has 2 aromatic rings. The second-order valence-corrected chi connectivity index (χ2v) is 6.14. The van der Waals surface area contributed by atoms with Crippen molar-refractivity contribution >= 4 is 17.5 Å². The number of carbonyl (C=O) groups is 1. The van der Waals surface area contributed by atoms with Crippen LogP contribution in [0.3, 0.4) is 0 Å². The maximum absolute atomic E-state index is 12.1. The zero-order valence-corrected chi connectivity index (χ0v) is 15.2. The number of amides is 1. The lowest BCUT2D eigenvalue weighted by molar-refractivity contribution is -0.124. The third-order valence-corrected chi connectivity index (χ3v) is 4.19. The molecular formula is C17H25N7O2. The van der Waals surface area contributed by atoms with Crippen molar-refractivity contribution in [3.8, 4) is 0 Å². The molecule has 0 bridgehead atoms. The van der Waals surface area contributed by atoms with Crippen LogP contribution in [0.1, 0.15) is 18.8 Å². The minimum absolute atomic E-state index is 0.0663. The highest BCUT2D eigenvalue weighted by molar-refractivity contribution is 5.79. The fourth-order valence-electron chi connectivity index (χ4n) is 2.75. The van der Waals surface area contributed by atoms with Crippen molar-refractivity contribution in [2.24, 2.45) is 0 Å². The van der Waals surface area contributed by atoms with Crippen LogP contribution in [0.15, 0.2) is 24.5 Å². The van der Waals surface area contributed by atoms with Crippen LogP contribution in [0.25, 0.3) is 0 Å². The summed E-state index contributed by atoms with van der Waals surface area (Å²) in [7, 11) is 0. The average Bonchev–Trinajstić information content (AvgIpc) is 3.19. The quantitative estimate of drug-likeness (QED) is 0.699. The van der Waals surface area contributed by atoms with E-state index < -0.39 is 0 Å². The molecule has 0 saturated carbocycles. The molecule has 0 spiro atoms. The maximum atomic E-state index is 12.1. The van der Waals surface area contributed by atoms with Gasteiger partial charge in [0.25, 0.3) is 0 Å². The summed E-state index contributed by atoms with van der Waals surface area (Å²) in [5, 5.41) is 10.2. The van der Waals surface area contributed by atoms with Crippen molar-refractivity contribution in [2.45, 2.75) is 19.9 Å². The Bertz CT molecular complexity index is 714. The molecule has 9 heteroatoms. The molecule has 1 atom stereocenters. The lowest BCUT2D eigenvalue weighted by atomic mass is 10.3. The average molecular weight is 359 g/mol. The molecule has 2 N–H and O–H groups in total. The normalized spacial score (nSPS) is 15.5. The summed E-state index contributed by atoms with van der Waals surface area (Å²) < 4.78 is 7.01. The number of hydrogen-bond donors (Lipinski definition) is 2. The van der Waals surface area contributed by atoms with Gasteiger partial charge in [-0.05, 0) is 19.9 Å². The molecule has 0 aromatic carbocycles. The largest absolute Gasteiger partial charge is 0.378 e. The number of aromatic nitrogens is 4. The van der Waals surface area contributed by atoms with E-state index >= 15 is 0 Å². The van der Waals surface area contributed by atoms with Gasteiger partial charge in [0.15, 0.2) is 0 Å². The molecule has 1 saturated heterocycles. The number of rotatable bonds is 7. The van der Waals surface area contributed by atoms with E-state index in [2.05, 4.69) is 30.6 Å². The van der Waals surface area contributed by atoms with Gasteiger partial charge in [0, 0.05) is 44.6 Å². The Morgan fingerprint density at radius 3 is 2.85 bits per heavy atom. The van der Waals surface area contributed by atoms with Gasteiger partial charge in [-0.15, -0.1) is 0 Å². The van der Waals surface area contributed by atoms with E-state index in [0.717, 1.165) is 24.7 Å². The summed E-state index contributed by atoms with van der Waals surface area (Å²) in [5.74, 6) is 2.31. The highest BCUT2D eigenvalue weighted by atomic mass is 16.5. The van der Waals surface area contributed by atoms with E-state index in [9.17, 15) is 4.79 Å². The smallest absolute Gasteiger partial charge is 0.244 e. The van der Waals surface area contributed by atoms with Crippen molar-refractivity contribution in [2.75, 3.05) is 49.6 Å². The summed E-state index contributed by atoms with van der Waals surface area (Å²) in [4.78, 5) is 23.2. The molecule has 3 heterocycles. The van der Waals surface area contributed by atoms with Gasteiger partial charge >= 0.3 is 0 Å². The van der Waals surface area contributed by atoms with E-state index in [-0.39, 0.29) is 11.9 Å². The predicted octanol–water partition coefficient (Wildman–Crippen LogP) is 0.607. The standard InChI is InChI=1S/C17H25N7O2/c1-13(24-7-3-4-20-24)17(25)19-6-5-18-15-12-16(22-14(2)21-15)23-8-10-26-11-9-23/h3-4,7,12-13H,5-6,8-11H2,1-2H3,(H,19,25)(H,18,21,22). The predicted molar refractivity (Wildman–Crippen MR) is 98.2 cm³/mol. The summed E-state index contributed by atoms with van der Waals surface area (Å²) in [5.41, 5.74) is 0. The summed E-state index contributed by atoms with van der Waals surface area (Å²) in [6.07, 6.45) is 3.44. The van der Waals surface area contributed by atoms with Crippen LogP contribution in [0, 0.1) is 6.92 Å². The van der Waals surface area contributed by atoms with E-state index in [4.69, 9.17) is 4.74 Å². The Hall–Kier alpha value is -2.68. The first kappa shape index (κ1) is 18.1. The van der Waals surface area contributed by atoms with Gasteiger partial charge in [0.05, 0.1) is 13.2 Å². The van der Waals surface area contributed by atoms with Gasteiger partial charge in [-0.2, -0.15) is 5.10 Å². The van der Waals surface area contributed by atoms with E-state index in [1.54, 1.807) is 23.1 Å². The van der Waals surface area contributed by atoms with Gasteiger partial charge in [-0.25, -0.2) is 9.97 Å². The van der Waals surface area contributed by atoms with Gasteiger partial charge in [0.1, 0.15) is 23.5 Å². The first-order valence-corrected chi connectivity index (χ1v) is 8.82. The van der Waals surface area contributed by atoms with Gasteiger partial charge < -0.3 is 20.3 Å². The lowest BCUT2D eigenvalue weighted by Crippen LogP contribution is -2.37. The van der Waals surface area contributed by atoms with E-state index in [0.29, 0.717) is 32.1 Å². The highest BCUT2D eigenvalue weighted by Gasteiger charge is 2.15. The van der Waals surface area contributed by atoms with E-state index in [1.165, 1.54) is 0 Å². The number of carbonyl (C=O) groups excluding carboxylic acids is 1. The fourth-order valence-corrected chi connectivity index (χ4v) is 2.75. The number of anilines is 2. The van der Waals surface area contributed by atoms with Crippen molar-refractivity contribution in [1.29, 1.82) is 0 Å². The summed E-state index contributed by atoms with van der Waals surface area (Å²) in [6, 6.07) is 3.40. The Balaban J connectivity index is 1.48. The molecule has 2 aromatic heterocycles. The Labute approximate surface area is 152 Å². The molecule has 1 amide bonds. The number of aryl methyl sites for hydroxylation is 1. The molecule has 9 nitrogen and oxygen atoms in total. The zero-order chi connectivity index (χ0) is 18.4. The van der Waals surface area contributed by atoms with Crippen LogP contribution >= 0.6 is 0 Å². The van der Waals surface area contributed by atoms with Gasteiger partial charge in [0.2, 0.25) is 5.91 Å². The fraction of sp³-hybridized carbons (Fsp3) is 0.529. The van der Waals surface area contributed by atoms with Crippen LogP contribution in [0.5, 0.6) is 0 Å². The Morgan fingerprint density at radius 2 is 2.12 bits per heavy atom. The molecule has 1 aliphatic rings. The topological polar surface area (TPSA) is 97.2 Å². The molecule has 3 rings (SSSR count). The molecule has 140 valence electrons. The van der Waals surface area contributed by atoms with Crippen molar-refractivity contribution < 1.29 is 9.53 Å². The van der Waals surface area contributed by atoms with Crippen LogP contribution in [-0.2, 0) is 9.53 Å². The molecule has 1 aliphatic heterocycles. The highest BCUT2D eigenvalue weighted by Crippen LogP contribution is 2.16. The van der Waals surface area contributed by atoms with Crippen molar-refractivity contribution in [3.05, 3.63) is 30.4 Å². The summed E-state index contributed by atoms with van der Waals surface area (Å²) in [6.45, 7) is 7.87. The monoisotopic (exact) mass is 359 g/mol. The van der Waals surface area contributed by atoms with Crippen LogP contribution in [0.2, 0.25) is 0 Å². The molecule has 26 heavy (non-hydrogen) atoms. The minimum atomic E-state index is -0.334. The van der Waals surface area contributed by atoms with Crippen LogP contribution < -0.4 is 15.5 Å². The number of ether oxygens (including phenoxy) is 1. The molecular weight excluding hydrogens is 334 g/mol. The number of nitrogens with zero attached hydrogens (tertiary/aromatic N) is 5. The van der Waals surface area contributed by atoms with E-state index in [1.807, 2.05) is 19.9 Å². The second kappa shape index (κ2) is 8.61. The molecule has 0 aliphatic carbocycles. The van der Waals surface area contributed by atoms with Crippen molar-refractivity contribution in [1.82, 2.24) is 25.1 Å². The Kier molecular flexibility index (Phi) is 6.00. The molecule has 0 radical (unpaired) electrons. The number of morpholine rings is 1. The minimum Gasteiger partial charge on any atom is -0.378 e. The first-order valence-electron chi connectivity index (χ1n) is 8.82. The van der Waals surface area contributed by atoms with Crippen LogP contribution in [-0.4, -0.2) is 65.0 Å². The Morgan fingerprint density at radius 1 is 1.31 bits per heavy atom. The third-order valence-electron chi connectivity index (χ3n) is 4.19. The maximum Gasteiger partial charge on any atom is 0.244 e. The zero-order valence-electron chi connectivity index (χ0n) is 15.2. The summed E-state index contributed by atoms with van der Waals surface area (Å²) >= 11 is 0. The second-order valence-electron chi connectivity index (χ2n) is 6.14. The van der Waals surface area contributed by atoms with Gasteiger partial charge in [-0.3, -0.25) is 9.48 Å². The SMILES string of the molecule is Cc1nc(NCCNC(=O)C(C)n2cccn2)cc(N2CCOCC2)n1. The molecule has 1 fully saturated rings. The number of hydrogen-bond acceptors (Lipinski definition) is 7. The van der Waals surface area contributed by atoms with Crippen LogP contribution in [0.4, 0.5) is 11.6 Å². The van der Waals surface area contributed by atoms with Gasteiger partial charge in [-0.1, -0.05) is 0 Å².